The largest absolute Gasteiger partial charge is 0.392 e. The number of amides is 2. The number of nitrogens with one attached hydrogen (secondary N) is 2. The molecule has 7 nitrogen and oxygen atoms in total. The van der Waals surface area contributed by atoms with Crippen LogP contribution in [0.25, 0.3) is 11.1 Å². The van der Waals surface area contributed by atoms with Crippen LogP contribution in [0, 0.1) is 0 Å². The van der Waals surface area contributed by atoms with Gasteiger partial charge in [-0.05, 0) is 53.6 Å². The molecule has 0 bridgehead atoms. The van der Waals surface area contributed by atoms with Crippen LogP contribution >= 0.6 is 0 Å². The monoisotopic (exact) mass is 583 g/mol. The highest BCUT2D eigenvalue weighted by atomic mass is 16.7. The summed E-state index contributed by atoms with van der Waals surface area (Å²) in [6.45, 7) is 8.71. The van der Waals surface area contributed by atoms with Crippen LogP contribution < -0.4 is 10.6 Å². The van der Waals surface area contributed by atoms with E-state index in [9.17, 15) is 9.90 Å². The van der Waals surface area contributed by atoms with Crippen LogP contribution in [0.2, 0.25) is 0 Å². The van der Waals surface area contributed by atoms with Crippen molar-refractivity contribution in [2.75, 3.05) is 19.6 Å². The van der Waals surface area contributed by atoms with Crippen molar-refractivity contribution in [3.63, 3.8) is 0 Å². The zero-order valence-electron chi connectivity index (χ0n) is 25.2. The fourth-order valence-electron chi connectivity index (χ4n) is 6.20. The first-order chi connectivity index (χ1) is 21.1. The van der Waals surface area contributed by atoms with E-state index in [4.69, 9.17) is 9.47 Å². The lowest BCUT2D eigenvalue weighted by atomic mass is 9.98. The second kappa shape index (κ2) is 15.3. The minimum Gasteiger partial charge on any atom is -0.392 e. The Morgan fingerprint density at radius 2 is 1.70 bits per heavy atom. The number of aliphatic hydroxyl groups excluding tert-OH is 1. The number of carbonyl (C=O) groups is 1. The van der Waals surface area contributed by atoms with Crippen molar-refractivity contribution in [3.05, 3.63) is 108 Å². The zero-order chi connectivity index (χ0) is 30.0. The van der Waals surface area contributed by atoms with Crippen molar-refractivity contribution in [2.45, 2.75) is 76.7 Å². The van der Waals surface area contributed by atoms with Gasteiger partial charge in [-0.15, -0.1) is 6.58 Å². The van der Waals surface area contributed by atoms with Crippen molar-refractivity contribution in [1.29, 1.82) is 0 Å². The SMILES string of the molecule is C=CCN(C[C@H]1C[C@@H](c2ccc(CO)cc2)O[C@@H](c2ccc(-c3cccc(CNC(=O)NCC)c3)cc2)O1)C1CCCC1. The van der Waals surface area contributed by atoms with Crippen LogP contribution in [0.4, 0.5) is 4.79 Å². The molecule has 3 aromatic rings. The summed E-state index contributed by atoms with van der Waals surface area (Å²) in [5.74, 6) is 0. The van der Waals surface area contributed by atoms with Crippen LogP contribution in [0.15, 0.2) is 85.5 Å². The Bertz CT molecular complexity index is 1320. The fourth-order valence-corrected chi connectivity index (χ4v) is 6.20. The van der Waals surface area contributed by atoms with E-state index in [-0.39, 0.29) is 24.8 Å². The van der Waals surface area contributed by atoms with E-state index >= 15 is 0 Å². The maximum atomic E-state index is 11.8. The van der Waals surface area contributed by atoms with E-state index < -0.39 is 6.29 Å². The lowest BCUT2D eigenvalue weighted by molar-refractivity contribution is -0.253. The summed E-state index contributed by atoms with van der Waals surface area (Å²) >= 11 is 0. The van der Waals surface area contributed by atoms with Gasteiger partial charge in [0.2, 0.25) is 0 Å². The van der Waals surface area contributed by atoms with Gasteiger partial charge in [0.25, 0.3) is 0 Å². The molecule has 0 spiro atoms. The maximum absolute atomic E-state index is 11.8. The number of benzene rings is 3. The highest BCUT2D eigenvalue weighted by molar-refractivity contribution is 5.73. The Morgan fingerprint density at radius 1 is 0.953 bits per heavy atom. The van der Waals surface area contributed by atoms with Gasteiger partial charge in [0.05, 0.1) is 18.8 Å². The molecule has 2 aliphatic rings. The average Bonchev–Trinajstić information content (AvgIpc) is 3.59. The minimum atomic E-state index is -0.489. The first-order valence-electron chi connectivity index (χ1n) is 15.6. The van der Waals surface area contributed by atoms with Crippen LogP contribution in [-0.4, -0.2) is 47.8 Å². The number of hydrogen-bond acceptors (Lipinski definition) is 5. The summed E-state index contributed by atoms with van der Waals surface area (Å²) in [5, 5.41) is 15.2. The third-order valence-corrected chi connectivity index (χ3v) is 8.49. The molecule has 1 aliphatic heterocycles. The molecule has 1 heterocycles. The Balaban J connectivity index is 1.33. The second-order valence-electron chi connectivity index (χ2n) is 11.6. The first-order valence-corrected chi connectivity index (χ1v) is 15.6. The van der Waals surface area contributed by atoms with Crippen LogP contribution in [0.5, 0.6) is 0 Å². The number of ether oxygens (including phenoxy) is 2. The smallest absolute Gasteiger partial charge is 0.315 e. The number of rotatable bonds is 12. The molecule has 7 heteroatoms. The molecule has 5 rings (SSSR count). The van der Waals surface area contributed by atoms with Gasteiger partial charge in [0.15, 0.2) is 6.29 Å². The lowest BCUT2D eigenvalue weighted by Gasteiger charge is -2.39. The minimum absolute atomic E-state index is 0.00980. The molecule has 2 amide bonds. The molecular weight excluding hydrogens is 538 g/mol. The zero-order valence-corrected chi connectivity index (χ0v) is 25.2. The van der Waals surface area contributed by atoms with Crippen LogP contribution in [0.3, 0.4) is 0 Å². The first kappa shape index (κ1) is 31.0. The molecule has 3 atom stereocenters. The molecule has 2 fully saturated rings. The normalized spacial score (nSPS) is 20.7. The van der Waals surface area contributed by atoms with Gasteiger partial charge in [-0.3, -0.25) is 4.90 Å². The van der Waals surface area contributed by atoms with E-state index in [0.717, 1.165) is 52.9 Å². The quantitative estimate of drug-likeness (QED) is 0.208. The van der Waals surface area contributed by atoms with Gasteiger partial charge < -0.3 is 25.2 Å². The van der Waals surface area contributed by atoms with Crippen molar-refractivity contribution in [2.24, 2.45) is 0 Å². The van der Waals surface area contributed by atoms with Gasteiger partial charge in [0, 0.05) is 44.2 Å². The van der Waals surface area contributed by atoms with Gasteiger partial charge >= 0.3 is 6.03 Å². The number of aliphatic hydroxyl groups is 1. The number of hydrogen-bond donors (Lipinski definition) is 3. The highest BCUT2D eigenvalue weighted by Gasteiger charge is 2.34. The van der Waals surface area contributed by atoms with Crippen LogP contribution in [-0.2, 0) is 22.6 Å². The van der Waals surface area contributed by atoms with Gasteiger partial charge in [-0.25, -0.2) is 4.79 Å². The molecule has 3 N–H and O–H groups in total. The third kappa shape index (κ3) is 8.33. The molecule has 43 heavy (non-hydrogen) atoms. The van der Waals surface area contributed by atoms with Crippen molar-refractivity contribution in [1.82, 2.24) is 15.5 Å². The second-order valence-corrected chi connectivity index (χ2v) is 11.6. The Labute approximate surface area is 255 Å². The topological polar surface area (TPSA) is 83.1 Å². The van der Waals surface area contributed by atoms with E-state index in [0.29, 0.717) is 19.1 Å². The molecule has 3 aromatic carbocycles. The van der Waals surface area contributed by atoms with E-state index in [1.54, 1.807) is 0 Å². The Kier molecular flexibility index (Phi) is 11.0. The van der Waals surface area contributed by atoms with E-state index in [1.807, 2.05) is 37.3 Å². The lowest BCUT2D eigenvalue weighted by Crippen LogP contribution is -2.43. The fraction of sp³-hybridized carbons (Fsp3) is 0.417. The molecule has 0 aromatic heterocycles. The Hall–Kier alpha value is -3.49. The predicted octanol–water partition coefficient (Wildman–Crippen LogP) is 6.64. The van der Waals surface area contributed by atoms with E-state index in [1.165, 1.54) is 25.7 Å². The molecule has 1 saturated carbocycles. The third-order valence-electron chi connectivity index (χ3n) is 8.49. The summed E-state index contributed by atoms with van der Waals surface area (Å²) < 4.78 is 13.3. The molecule has 0 radical (unpaired) electrons. The summed E-state index contributed by atoms with van der Waals surface area (Å²) in [5.41, 5.74) is 6.18. The predicted molar refractivity (Wildman–Crippen MR) is 170 cm³/mol. The number of carbonyl (C=O) groups excluding carboxylic acids is 1. The Morgan fingerprint density at radius 3 is 2.40 bits per heavy atom. The number of urea groups is 1. The van der Waals surface area contributed by atoms with Gasteiger partial charge in [-0.2, -0.15) is 0 Å². The highest BCUT2D eigenvalue weighted by Crippen LogP contribution is 2.39. The maximum Gasteiger partial charge on any atom is 0.315 e. The molecule has 1 aliphatic carbocycles. The summed E-state index contributed by atoms with van der Waals surface area (Å²) in [6, 6.07) is 25.1. The molecule has 0 unspecified atom stereocenters. The van der Waals surface area contributed by atoms with Crippen molar-refractivity contribution in [3.8, 4) is 11.1 Å². The van der Waals surface area contributed by atoms with Gasteiger partial charge in [-0.1, -0.05) is 85.6 Å². The van der Waals surface area contributed by atoms with Gasteiger partial charge in [0.1, 0.15) is 0 Å². The average molecular weight is 584 g/mol. The molecule has 228 valence electrons. The summed E-state index contributed by atoms with van der Waals surface area (Å²) in [6.07, 6.45) is 7.22. The summed E-state index contributed by atoms with van der Waals surface area (Å²) in [7, 11) is 0. The number of nitrogens with zero attached hydrogens (tertiary/aromatic N) is 1. The summed E-state index contributed by atoms with van der Waals surface area (Å²) in [4.78, 5) is 14.4. The molecular formula is C36H45N3O4. The van der Waals surface area contributed by atoms with Crippen LogP contribution in [0.1, 0.15) is 73.7 Å². The standard InChI is InChI=1S/C36H45N3O4/c1-3-20-39(32-10-5-6-11-32)24-33-22-34(29-14-12-26(25-40)13-15-29)43-35(42-33)30-18-16-28(17-19-30)31-9-7-8-27(21-31)23-38-36(41)37-4-2/h3,7-9,12-19,21,32-35,40H,1,4-6,10-11,20,22-25H2,2H3,(H2,37,38,41)/t33-,34+,35+/m1/s1. The van der Waals surface area contributed by atoms with E-state index in [2.05, 4.69) is 70.6 Å². The molecule has 1 saturated heterocycles. The van der Waals surface area contributed by atoms with Crippen molar-refractivity contribution >= 4 is 6.03 Å². The van der Waals surface area contributed by atoms with Crippen molar-refractivity contribution < 1.29 is 19.4 Å².